The summed E-state index contributed by atoms with van der Waals surface area (Å²) in [5.74, 6) is 3.54. The van der Waals surface area contributed by atoms with Gasteiger partial charge in [-0.3, -0.25) is 10.2 Å². The van der Waals surface area contributed by atoms with Crippen molar-refractivity contribution in [1.29, 1.82) is 0 Å². The number of alkyl halides is 3. The van der Waals surface area contributed by atoms with Crippen LogP contribution in [0.15, 0.2) is 0 Å². The van der Waals surface area contributed by atoms with Gasteiger partial charge in [-0.1, -0.05) is 4.49 Å². The average Bonchev–Trinajstić information content (AvgIpc) is 2.49. The van der Waals surface area contributed by atoms with Gasteiger partial charge in [0.2, 0.25) is 0 Å². The molecule has 0 saturated heterocycles. The van der Waals surface area contributed by atoms with Gasteiger partial charge in [0.05, 0.1) is 0 Å². The minimum Gasteiger partial charge on any atom is -0.289 e. The zero-order chi connectivity index (χ0) is 10.1. The number of nitrogens with zero attached hydrogens (tertiary/aromatic N) is 2. The van der Waals surface area contributed by atoms with E-state index in [9.17, 15) is 18.0 Å². The van der Waals surface area contributed by atoms with Crippen molar-refractivity contribution in [3.63, 3.8) is 0 Å². The topological polar surface area (TPSA) is 80.9 Å². The highest BCUT2D eigenvalue weighted by molar-refractivity contribution is 7.06. The minimum absolute atomic E-state index is 0.0977. The molecule has 1 aromatic rings. The minimum atomic E-state index is -4.63. The Balaban J connectivity index is 3.10. The van der Waals surface area contributed by atoms with Gasteiger partial charge in [0, 0.05) is 0 Å². The molecule has 0 atom stereocenters. The molecule has 9 heteroatoms. The highest BCUT2D eigenvalue weighted by Gasteiger charge is 2.38. The maximum atomic E-state index is 12.1. The smallest absolute Gasteiger partial charge is 0.289 e. The predicted molar refractivity (Wildman–Crippen MR) is 36.6 cm³/mol. The fourth-order valence-electron chi connectivity index (χ4n) is 0.594. The third-order valence-corrected chi connectivity index (χ3v) is 1.86. The van der Waals surface area contributed by atoms with Crippen molar-refractivity contribution < 1.29 is 18.0 Å². The summed E-state index contributed by atoms with van der Waals surface area (Å²) in [6.07, 6.45) is -4.63. The zero-order valence-corrected chi connectivity index (χ0v) is 6.74. The molecule has 0 saturated carbocycles. The summed E-state index contributed by atoms with van der Waals surface area (Å²) in [5, 5.41) is 3.01. The number of carbonyl (C=O) groups excluding carboxylic acids is 1. The van der Waals surface area contributed by atoms with Crippen molar-refractivity contribution in [2.75, 3.05) is 0 Å². The molecule has 0 spiro atoms. The first-order valence-corrected chi connectivity index (χ1v) is 3.64. The first-order chi connectivity index (χ1) is 5.96. The van der Waals surface area contributed by atoms with Crippen LogP contribution in [0.25, 0.3) is 0 Å². The summed E-state index contributed by atoms with van der Waals surface area (Å²) in [7, 11) is 0. The van der Waals surface area contributed by atoms with Crippen molar-refractivity contribution in [1.82, 2.24) is 15.0 Å². The Morgan fingerprint density at radius 2 is 2.15 bits per heavy atom. The van der Waals surface area contributed by atoms with Crippen LogP contribution in [0.2, 0.25) is 0 Å². The van der Waals surface area contributed by atoms with E-state index >= 15 is 0 Å². The maximum absolute atomic E-state index is 12.1. The Kier molecular flexibility index (Phi) is 2.48. The second-order valence-corrected chi connectivity index (χ2v) is 2.68. The number of hydrazine groups is 1. The van der Waals surface area contributed by atoms with Crippen LogP contribution in [0.3, 0.4) is 0 Å². The zero-order valence-electron chi connectivity index (χ0n) is 5.92. The lowest BCUT2D eigenvalue weighted by atomic mass is 10.3. The highest BCUT2D eigenvalue weighted by Crippen LogP contribution is 2.33. The number of amides is 1. The highest BCUT2D eigenvalue weighted by atomic mass is 32.1. The molecular weight excluding hydrogens is 209 g/mol. The number of aromatic nitrogens is 2. The standard InChI is InChI=1S/C4H3F3N4OS/c5-4(6,7)2-1(3(12)9-8)10-11-13-2/h8H2,(H,9,12). The van der Waals surface area contributed by atoms with Crippen LogP contribution in [-0.2, 0) is 6.18 Å². The van der Waals surface area contributed by atoms with E-state index in [1.807, 2.05) is 0 Å². The van der Waals surface area contributed by atoms with Crippen LogP contribution in [0.1, 0.15) is 15.4 Å². The van der Waals surface area contributed by atoms with Crippen LogP contribution in [0.4, 0.5) is 13.2 Å². The van der Waals surface area contributed by atoms with E-state index in [0.29, 0.717) is 0 Å². The van der Waals surface area contributed by atoms with E-state index in [2.05, 4.69) is 15.4 Å². The Morgan fingerprint density at radius 3 is 2.62 bits per heavy atom. The number of halogens is 3. The molecule has 1 rings (SSSR count). The summed E-state index contributed by atoms with van der Waals surface area (Å²) in [6, 6.07) is 0. The molecule has 3 N–H and O–H groups in total. The van der Waals surface area contributed by atoms with Gasteiger partial charge < -0.3 is 0 Å². The van der Waals surface area contributed by atoms with E-state index in [4.69, 9.17) is 0 Å². The fraction of sp³-hybridized carbons (Fsp3) is 0.250. The molecule has 0 aliphatic heterocycles. The first-order valence-electron chi connectivity index (χ1n) is 2.87. The van der Waals surface area contributed by atoms with Crippen LogP contribution >= 0.6 is 11.5 Å². The summed E-state index contributed by atoms with van der Waals surface area (Å²) in [5.41, 5.74) is 0.740. The van der Waals surface area contributed by atoms with Gasteiger partial charge in [-0.15, -0.1) is 5.10 Å². The lowest BCUT2D eigenvalue weighted by Gasteiger charge is -2.02. The molecule has 0 bridgehead atoms. The van der Waals surface area contributed by atoms with Crippen molar-refractivity contribution in [3.8, 4) is 0 Å². The van der Waals surface area contributed by atoms with Gasteiger partial charge in [0.25, 0.3) is 5.91 Å². The largest absolute Gasteiger partial charge is 0.429 e. The van der Waals surface area contributed by atoms with Crippen molar-refractivity contribution >= 4 is 17.4 Å². The summed E-state index contributed by atoms with van der Waals surface area (Å²) < 4.78 is 39.3. The molecule has 0 aliphatic rings. The molecule has 0 aromatic carbocycles. The number of nitrogens with two attached hydrogens (primary N) is 1. The number of hydrogen-bond acceptors (Lipinski definition) is 5. The number of nitrogen functional groups attached to an aromatic ring is 1. The second kappa shape index (κ2) is 3.26. The van der Waals surface area contributed by atoms with E-state index in [1.54, 1.807) is 5.43 Å². The van der Waals surface area contributed by atoms with Crippen LogP contribution in [-0.4, -0.2) is 15.5 Å². The van der Waals surface area contributed by atoms with E-state index in [1.165, 1.54) is 0 Å². The van der Waals surface area contributed by atoms with E-state index in [0.717, 1.165) is 0 Å². The molecule has 1 amide bonds. The third-order valence-electron chi connectivity index (χ3n) is 1.09. The number of nitrogens with one attached hydrogen (secondary N) is 1. The number of rotatable bonds is 1. The maximum Gasteiger partial charge on any atom is 0.429 e. The summed E-state index contributed by atoms with van der Waals surface area (Å²) in [6.45, 7) is 0. The van der Waals surface area contributed by atoms with E-state index in [-0.39, 0.29) is 11.5 Å². The van der Waals surface area contributed by atoms with E-state index < -0.39 is 22.7 Å². The molecule has 1 aromatic heterocycles. The monoisotopic (exact) mass is 212 g/mol. The molecule has 0 aliphatic carbocycles. The lowest BCUT2D eigenvalue weighted by molar-refractivity contribution is -0.134. The predicted octanol–water partition coefficient (Wildman–Crippen LogP) is 0.160. The molecule has 0 unspecified atom stereocenters. The second-order valence-electron chi connectivity index (χ2n) is 1.92. The molecule has 0 fully saturated rings. The van der Waals surface area contributed by atoms with Gasteiger partial charge >= 0.3 is 6.18 Å². The fourth-order valence-corrected chi connectivity index (χ4v) is 1.12. The number of carbonyl (C=O) groups is 1. The normalized spacial score (nSPS) is 11.4. The quantitative estimate of drug-likeness (QED) is 0.394. The van der Waals surface area contributed by atoms with Gasteiger partial charge in [-0.25, -0.2) is 5.84 Å². The van der Waals surface area contributed by atoms with Crippen LogP contribution in [0, 0.1) is 0 Å². The van der Waals surface area contributed by atoms with Gasteiger partial charge in [0.15, 0.2) is 10.6 Å². The molecule has 1 heterocycles. The van der Waals surface area contributed by atoms with Gasteiger partial charge in [0.1, 0.15) is 0 Å². The van der Waals surface area contributed by atoms with Crippen molar-refractivity contribution in [2.45, 2.75) is 6.18 Å². The Labute approximate surface area is 73.9 Å². The molecule has 13 heavy (non-hydrogen) atoms. The van der Waals surface area contributed by atoms with Gasteiger partial charge in [-0.05, 0) is 11.5 Å². The summed E-state index contributed by atoms with van der Waals surface area (Å²) >= 11 is 0.0977. The molecule has 5 nitrogen and oxygen atoms in total. The number of hydrogen-bond donors (Lipinski definition) is 2. The van der Waals surface area contributed by atoms with Crippen LogP contribution < -0.4 is 11.3 Å². The Morgan fingerprint density at radius 1 is 1.54 bits per heavy atom. The van der Waals surface area contributed by atoms with Crippen LogP contribution in [0.5, 0.6) is 0 Å². The van der Waals surface area contributed by atoms with Crippen molar-refractivity contribution in [2.24, 2.45) is 5.84 Å². The molecule has 0 radical (unpaired) electrons. The van der Waals surface area contributed by atoms with Gasteiger partial charge in [-0.2, -0.15) is 13.2 Å². The lowest BCUT2D eigenvalue weighted by Crippen LogP contribution is -2.31. The molecular formula is C4H3F3N4OS. The first kappa shape index (κ1) is 9.86. The Hall–Kier alpha value is -1.22. The average molecular weight is 212 g/mol. The SMILES string of the molecule is NNC(=O)c1nnsc1C(F)(F)F. The third kappa shape index (κ3) is 1.92. The van der Waals surface area contributed by atoms with Crippen molar-refractivity contribution in [3.05, 3.63) is 10.6 Å². The molecule has 72 valence electrons. The summed E-state index contributed by atoms with van der Waals surface area (Å²) in [4.78, 5) is 9.55. The Bertz CT molecular complexity index is 321.